The van der Waals surface area contributed by atoms with E-state index >= 15 is 0 Å². The van der Waals surface area contributed by atoms with Crippen LogP contribution in [0.2, 0.25) is 0 Å². The van der Waals surface area contributed by atoms with Gasteiger partial charge in [-0.15, -0.1) is 0 Å². The normalized spacial score (nSPS) is 19.0. The van der Waals surface area contributed by atoms with Crippen molar-refractivity contribution in [1.29, 1.82) is 0 Å². The second-order valence-corrected chi connectivity index (χ2v) is 6.61. The van der Waals surface area contributed by atoms with Gasteiger partial charge in [0.1, 0.15) is 17.2 Å². The zero-order chi connectivity index (χ0) is 18.0. The topological polar surface area (TPSA) is 102 Å². The first-order valence-corrected chi connectivity index (χ1v) is 8.84. The van der Waals surface area contributed by atoms with Crippen LogP contribution in [0.5, 0.6) is 11.5 Å². The number of rotatable bonds is 3. The predicted molar refractivity (Wildman–Crippen MR) is 102 cm³/mol. The number of benzene rings is 1. The highest BCUT2D eigenvalue weighted by atomic mass is 16.5. The Hall–Kier alpha value is -3.09. The number of aliphatic imine (C=N–C) groups is 2. The lowest BCUT2D eigenvalue weighted by atomic mass is 9.87. The van der Waals surface area contributed by atoms with E-state index in [1.165, 1.54) is 6.42 Å². The van der Waals surface area contributed by atoms with Crippen molar-refractivity contribution in [3.8, 4) is 11.5 Å². The van der Waals surface area contributed by atoms with Crippen LogP contribution in [0, 0.1) is 0 Å². The summed E-state index contributed by atoms with van der Waals surface area (Å²) in [6, 6.07) is 11.5. The lowest BCUT2D eigenvalue weighted by molar-refractivity contribution is 0.305. The van der Waals surface area contributed by atoms with Crippen LogP contribution in [0.25, 0.3) is 0 Å². The quantitative estimate of drug-likeness (QED) is 0.886. The van der Waals surface area contributed by atoms with Gasteiger partial charge in [-0.3, -0.25) is 9.88 Å². The minimum Gasteiger partial charge on any atom is -0.456 e. The highest BCUT2D eigenvalue weighted by molar-refractivity contribution is 6.05. The molecule has 7 heteroatoms. The van der Waals surface area contributed by atoms with Gasteiger partial charge in [-0.05, 0) is 49.9 Å². The van der Waals surface area contributed by atoms with E-state index < -0.39 is 5.66 Å². The molecular formula is C19H22N6O. The van der Waals surface area contributed by atoms with E-state index in [0.717, 1.165) is 31.4 Å². The molecule has 1 fully saturated rings. The summed E-state index contributed by atoms with van der Waals surface area (Å²) in [5, 5.41) is 0. The predicted octanol–water partition coefficient (Wildman–Crippen LogP) is 2.98. The molecule has 0 radical (unpaired) electrons. The summed E-state index contributed by atoms with van der Waals surface area (Å²) in [5.74, 6) is 2.01. The van der Waals surface area contributed by atoms with Crippen molar-refractivity contribution >= 4 is 17.6 Å². The molecule has 1 saturated carbocycles. The minimum atomic E-state index is -0.457. The number of nitrogens with two attached hydrogens (primary N) is 2. The van der Waals surface area contributed by atoms with Gasteiger partial charge in [-0.25, -0.2) is 4.99 Å². The molecule has 134 valence electrons. The zero-order valence-electron chi connectivity index (χ0n) is 14.5. The molecule has 2 heterocycles. The van der Waals surface area contributed by atoms with E-state index in [9.17, 15) is 0 Å². The Morgan fingerprint density at radius 3 is 2.58 bits per heavy atom. The summed E-state index contributed by atoms with van der Waals surface area (Å²) in [6.07, 6.45) is 8.57. The van der Waals surface area contributed by atoms with Gasteiger partial charge in [0.05, 0.1) is 6.20 Å². The van der Waals surface area contributed by atoms with Gasteiger partial charge in [-0.1, -0.05) is 12.5 Å². The highest BCUT2D eigenvalue weighted by Crippen LogP contribution is 2.40. The maximum absolute atomic E-state index is 6.27. The maximum atomic E-state index is 6.27. The molecule has 0 atom stereocenters. The van der Waals surface area contributed by atoms with Gasteiger partial charge in [0.15, 0.2) is 0 Å². The average molecular weight is 350 g/mol. The number of hydrogen-bond donors (Lipinski definition) is 2. The van der Waals surface area contributed by atoms with Crippen molar-refractivity contribution in [3.05, 3.63) is 48.8 Å². The largest absolute Gasteiger partial charge is 0.456 e. The van der Waals surface area contributed by atoms with Crippen LogP contribution >= 0.6 is 0 Å². The molecule has 7 nitrogen and oxygen atoms in total. The highest BCUT2D eigenvalue weighted by Gasteiger charge is 2.42. The van der Waals surface area contributed by atoms with Crippen LogP contribution in [0.3, 0.4) is 0 Å². The number of anilines is 1. The summed E-state index contributed by atoms with van der Waals surface area (Å²) in [4.78, 5) is 15.0. The molecule has 0 bridgehead atoms. The Balaban J connectivity index is 1.69. The molecule has 26 heavy (non-hydrogen) atoms. The number of aromatic nitrogens is 1. The van der Waals surface area contributed by atoms with Gasteiger partial charge >= 0.3 is 0 Å². The van der Waals surface area contributed by atoms with Crippen molar-refractivity contribution in [2.24, 2.45) is 21.5 Å². The number of guanidine groups is 2. The second kappa shape index (κ2) is 6.67. The van der Waals surface area contributed by atoms with Crippen LogP contribution in [0.15, 0.2) is 58.8 Å². The van der Waals surface area contributed by atoms with Crippen LogP contribution in [-0.4, -0.2) is 22.6 Å². The number of pyridine rings is 1. The molecule has 1 aliphatic heterocycles. The Labute approximate surface area is 152 Å². The lowest BCUT2D eigenvalue weighted by Crippen LogP contribution is -2.58. The summed E-state index contributed by atoms with van der Waals surface area (Å²) < 4.78 is 5.91. The smallest absolute Gasteiger partial charge is 0.220 e. The van der Waals surface area contributed by atoms with Crippen LogP contribution in [-0.2, 0) is 0 Å². The molecule has 1 aromatic heterocycles. The third kappa shape index (κ3) is 3.08. The van der Waals surface area contributed by atoms with Crippen molar-refractivity contribution in [3.63, 3.8) is 0 Å². The minimum absolute atomic E-state index is 0.253. The second-order valence-electron chi connectivity index (χ2n) is 6.61. The molecule has 4 rings (SSSR count). The van der Waals surface area contributed by atoms with E-state index in [2.05, 4.69) is 9.98 Å². The van der Waals surface area contributed by atoms with E-state index in [1.807, 2.05) is 41.3 Å². The third-order valence-corrected chi connectivity index (χ3v) is 4.80. The average Bonchev–Trinajstić information content (AvgIpc) is 2.63. The molecular weight excluding hydrogens is 328 g/mol. The first-order valence-electron chi connectivity index (χ1n) is 8.84. The fourth-order valence-corrected chi connectivity index (χ4v) is 3.72. The number of ether oxygens (including phenoxy) is 1. The van der Waals surface area contributed by atoms with Gasteiger partial charge < -0.3 is 16.2 Å². The number of nitrogens with zero attached hydrogens (tertiary/aromatic N) is 4. The molecule has 0 unspecified atom stereocenters. The van der Waals surface area contributed by atoms with Gasteiger partial charge in [0.2, 0.25) is 11.9 Å². The van der Waals surface area contributed by atoms with Crippen molar-refractivity contribution < 1.29 is 4.74 Å². The fraction of sp³-hybridized carbons (Fsp3) is 0.316. The molecule has 1 aromatic carbocycles. The van der Waals surface area contributed by atoms with Crippen LogP contribution in [0.1, 0.15) is 32.1 Å². The molecule has 2 aliphatic rings. The Bertz CT molecular complexity index is 842. The Morgan fingerprint density at radius 2 is 1.81 bits per heavy atom. The van der Waals surface area contributed by atoms with Crippen LogP contribution in [0.4, 0.5) is 5.69 Å². The van der Waals surface area contributed by atoms with E-state index in [-0.39, 0.29) is 5.96 Å². The summed E-state index contributed by atoms with van der Waals surface area (Å²) in [5.41, 5.74) is 12.6. The third-order valence-electron chi connectivity index (χ3n) is 4.80. The molecule has 1 aliphatic carbocycles. The van der Waals surface area contributed by atoms with Gasteiger partial charge in [0, 0.05) is 18.0 Å². The van der Waals surface area contributed by atoms with Crippen molar-refractivity contribution in [2.75, 3.05) is 4.90 Å². The SMILES string of the molecule is NC1=NC2(CCCCC2)N(c2cccc(Oc3cccnc3)c2)C(N)=N1. The van der Waals surface area contributed by atoms with E-state index in [4.69, 9.17) is 21.2 Å². The molecule has 1 spiro atoms. The molecule has 0 saturated heterocycles. The fourth-order valence-electron chi connectivity index (χ4n) is 3.72. The molecule has 4 N–H and O–H groups in total. The van der Waals surface area contributed by atoms with Crippen molar-refractivity contribution in [2.45, 2.75) is 37.8 Å². The van der Waals surface area contributed by atoms with Crippen molar-refractivity contribution in [1.82, 2.24) is 4.98 Å². The summed E-state index contributed by atoms with van der Waals surface area (Å²) in [7, 11) is 0. The monoisotopic (exact) mass is 350 g/mol. The van der Waals surface area contributed by atoms with E-state index in [1.54, 1.807) is 12.4 Å². The first kappa shape index (κ1) is 16.4. The van der Waals surface area contributed by atoms with Gasteiger partial charge in [-0.2, -0.15) is 4.99 Å². The summed E-state index contributed by atoms with van der Waals surface area (Å²) in [6.45, 7) is 0. The summed E-state index contributed by atoms with van der Waals surface area (Å²) >= 11 is 0. The molecule has 0 amide bonds. The van der Waals surface area contributed by atoms with Crippen LogP contribution < -0.4 is 21.1 Å². The lowest BCUT2D eigenvalue weighted by Gasteiger charge is -2.45. The molecule has 2 aromatic rings. The van der Waals surface area contributed by atoms with Gasteiger partial charge in [0.25, 0.3) is 0 Å². The maximum Gasteiger partial charge on any atom is 0.220 e. The van der Waals surface area contributed by atoms with E-state index in [0.29, 0.717) is 17.5 Å². The Kier molecular flexibility index (Phi) is 4.20. The first-order chi connectivity index (χ1) is 12.7. The zero-order valence-corrected chi connectivity index (χ0v) is 14.5. The Morgan fingerprint density at radius 1 is 1.00 bits per heavy atom. The number of hydrogen-bond acceptors (Lipinski definition) is 7. The standard InChI is InChI=1S/C19H22N6O/c20-17-23-18(21)25(19(24-17)9-2-1-3-10-19)14-6-4-7-15(12-14)26-16-8-5-11-22-13-16/h4-8,11-13H,1-3,9-10H2,(H4,20,21,23,24).